The first kappa shape index (κ1) is 14.5. The predicted molar refractivity (Wildman–Crippen MR) is 71.9 cm³/mol. The Labute approximate surface area is 116 Å². The molecule has 1 unspecified atom stereocenters. The molecule has 0 amide bonds. The third-order valence-corrected chi connectivity index (χ3v) is 3.87. The second kappa shape index (κ2) is 5.59. The minimum atomic E-state index is -4.09. The van der Waals surface area contributed by atoms with Gasteiger partial charge in [-0.2, -0.15) is 0 Å². The number of nitrogens with two attached hydrogens (primary N) is 1. The quantitative estimate of drug-likeness (QED) is 0.516. The highest BCUT2D eigenvalue weighted by Gasteiger charge is 2.22. The molecule has 0 aromatic heterocycles. The van der Waals surface area contributed by atoms with Gasteiger partial charge in [0.2, 0.25) is 10.0 Å². The van der Waals surface area contributed by atoms with Gasteiger partial charge in [-0.3, -0.25) is 10.1 Å². The van der Waals surface area contributed by atoms with Crippen molar-refractivity contribution in [3.63, 3.8) is 0 Å². The number of ether oxygens (including phenoxy) is 1. The summed E-state index contributed by atoms with van der Waals surface area (Å²) in [7, 11) is -4.09. The van der Waals surface area contributed by atoms with E-state index in [9.17, 15) is 18.5 Å². The molecule has 7 nitrogen and oxygen atoms in total. The van der Waals surface area contributed by atoms with E-state index >= 15 is 0 Å². The molecule has 0 aliphatic heterocycles. The monoisotopic (exact) mass is 298 g/mol. The number of nitro benzene ring substituents is 1. The Morgan fingerprint density at radius 2 is 2.15 bits per heavy atom. The highest BCUT2D eigenvalue weighted by Crippen LogP contribution is 2.29. The normalized spacial score (nSPS) is 18.8. The number of hydrogen-bond donors (Lipinski definition) is 1. The molecule has 1 aromatic carbocycles. The van der Waals surface area contributed by atoms with E-state index < -0.39 is 14.9 Å². The molecule has 0 bridgehead atoms. The van der Waals surface area contributed by atoms with Gasteiger partial charge in [0.25, 0.3) is 5.69 Å². The van der Waals surface area contributed by atoms with Crippen molar-refractivity contribution in [2.45, 2.75) is 30.3 Å². The zero-order chi connectivity index (χ0) is 14.8. The van der Waals surface area contributed by atoms with Gasteiger partial charge in [-0.25, -0.2) is 13.6 Å². The smallest absolute Gasteiger partial charge is 0.271 e. The van der Waals surface area contributed by atoms with E-state index in [1.807, 2.05) is 12.2 Å². The van der Waals surface area contributed by atoms with Gasteiger partial charge in [-0.05, 0) is 31.4 Å². The van der Waals surface area contributed by atoms with Crippen molar-refractivity contribution < 1.29 is 18.1 Å². The fourth-order valence-electron chi connectivity index (χ4n) is 1.97. The van der Waals surface area contributed by atoms with E-state index in [2.05, 4.69) is 0 Å². The number of primary sulfonamides is 1. The summed E-state index contributed by atoms with van der Waals surface area (Å²) in [6.07, 6.45) is 6.22. The van der Waals surface area contributed by atoms with E-state index in [-0.39, 0.29) is 22.4 Å². The van der Waals surface area contributed by atoms with Crippen LogP contribution in [0.15, 0.2) is 35.2 Å². The van der Waals surface area contributed by atoms with Crippen LogP contribution in [0.25, 0.3) is 0 Å². The molecule has 1 aliphatic carbocycles. The zero-order valence-corrected chi connectivity index (χ0v) is 11.4. The van der Waals surface area contributed by atoms with Gasteiger partial charge in [-0.1, -0.05) is 6.08 Å². The first-order valence-electron chi connectivity index (χ1n) is 6.02. The lowest BCUT2D eigenvalue weighted by Crippen LogP contribution is -2.19. The van der Waals surface area contributed by atoms with Gasteiger partial charge in [0.15, 0.2) is 0 Å². The van der Waals surface area contributed by atoms with Crippen LogP contribution >= 0.6 is 0 Å². The lowest BCUT2D eigenvalue weighted by molar-refractivity contribution is -0.385. The largest absolute Gasteiger partial charge is 0.485 e. The van der Waals surface area contributed by atoms with Crippen molar-refractivity contribution >= 4 is 15.7 Å². The third kappa shape index (κ3) is 3.34. The SMILES string of the molecule is NS(=O)(=O)c1cc([N+](=O)[O-])ccc1OC1C=CCCC1. The first-order valence-corrected chi connectivity index (χ1v) is 7.57. The van der Waals surface area contributed by atoms with Crippen molar-refractivity contribution in [3.05, 3.63) is 40.5 Å². The van der Waals surface area contributed by atoms with Crippen molar-refractivity contribution in [1.29, 1.82) is 0 Å². The average molecular weight is 298 g/mol. The van der Waals surface area contributed by atoms with E-state index in [4.69, 9.17) is 9.88 Å². The molecule has 2 rings (SSSR count). The molecule has 108 valence electrons. The maximum atomic E-state index is 11.5. The van der Waals surface area contributed by atoms with Crippen molar-refractivity contribution in [2.75, 3.05) is 0 Å². The molecule has 2 N–H and O–H groups in total. The number of nitrogens with zero attached hydrogens (tertiary/aromatic N) is 1. The number of hydrogen-bond acceptors (Lipinski definition) is 5. The Kier molecular flexibility index (Phi) is 4.05. The number of benzene rings is 1. The van der Waals surface area contributed by atoms with E-state index in [0.717, 1.165) is 25.3 Å². The van der Waals surface area contributed by atoms with E-state index in [1.165, 1.54) is 12.1 Å². The van der Waals surface area contributed by atoms with Crippen molar-refractivity contribution in [1.82, 2.24) is 0 Å². The standard InChI is InChI=1S/C12H14N2O5S/c13-20(17,18)12-8-9(14(15)16)6-7-11(12)19-10-4-2-1-3-5-10/h2,4,6-8,10H,1,3,5H2,(H2,13,17,18). The molecule has 0 saturated heterocycles. The highest BCUT2D eigenvalue weighted by atomic mass is 32.2. The first-order chi connectivity index (χ1) is 9.38. The van der Waals surface area contributed by atoms with Crippen LogP contribution in [0.3, 0.4) is 0 Å². The second-order valence-corrected chi connectivity index (χ2v) is 5.98. The van der Waals surface area contributed by atoms with Crippen LogP contribution in [0.1, 0.15) is 19.3 Å². The summed E-state index contributed by atoms with van der Waals surface area (Å²) in [4.78, 5) is 9.65. The molecule has 8 heteroatoms. The van der Waals surface area contributed by atoms with Gasteiger partial charge >= 0.3 is 0 Å². The molecule has 1 aromatic rings. The number of sulfonamides is 1. The van der Waals surface area contributed by atoms with Crippen LogP contribution in [0.2, 0.25) is 0 Å². The van der Waals surface area contributed by atoms with Crippen molar-refractivity contribution in [3.8, 4) is 5.75 Å². The van der Waals surface area contributed by atoms with Crippen LogP contribution in [0.5, 0.6) is 5.75 Å². The molecule has 0 spiro atoms. The molecule has 0 radical (unpaired) electrons. The summed E-state index contributed by atoms with van der Waals surface area (Å²) < 4.78 is 28.6. The van der Waals surface area contributed by atoms with Crippen LogP contribution in [0.4, 0.5) is 5.69 Å². The van der Waals surface area contributed by atoms with Gasteiger partial charge in [0.1, 0.15) is 16.7 Å². The van der Waals surface area contributed by atoms with Crippen LogP contribution in [0, 0.1) is 10.1 Å². The molecule has 20 heavy (non-hydrogen) atoms. The molecular formula is C12H14N2O5S. The Balaban J connectivity index is 2.39. The lowest BCUT2D eigenvalue weighted by atomic mass is 10.1. The number of non-ortho nitro benzene ring substituents is 1. The number of nitro groups is 1. The molecule has 0 heterocycles. The minimum Gasteiger partial charge on any atom is -0.485 e. The molecule has 1 aliphatic rings. The summed E-state index contributed by atoms with van der Waals surface area (Å²) in [6.45, 7) is 0. The zero-order valence-electron chi connectivity index (χ0n) is 10.6. The lowest BCUT2D eigenvalue weighted by Gasteiger charge is -2.19. The Morgan fingerprint density at radius 3 is 2.70 bits per heavy atom. The van der Waals surface area contributed by atoms with E-state index in [1.54, 1.807) is 0 Å². The minimum absolute atomic E-state index is 0.0367. The van der Waals surface area contributed by atoms with Crippen LogP contribution in [-0.4, -0.2) is 19.4 Å². The molecule has 0 saturated carbocycles. The second-order valence-electron chi connectivity index (χ2n) is 4.45. The molecule has 0 fully saturated rings. The highest BCUT2D eigenvalue weighted by molar-refractivity contribution is 7.89. The summed E-state index contributed by atoms with van der Waals surface area (Å²) in [5.41, 5.74) is -0.347. The topological polar surface area (TPSA) is 113 Å². The van der Waals surface area contributed by atoms with Gasteiger partial charge < -0.3 is 4.74 Å². The molecular weight excluding hydrogens is 284 g/mol. The number of rotatable bonds is 4. The van der Waals surface area contributed by atoms with Gasteiger partial charge in [0.05, 0.1) is 4.92 Å². The maximum Gasteiger partial charge on any atom is 0.271 e. The van der Waals surface area contributed by atoms with Crippen molar-refractivity contribution in [2.24, 2.45) is 5.14 Å². The summed E-state index contributed by atoms with van der Waals surface area (Å²) >= 11 is 0. The number of allylic oxidation sites excluding steroid dienone is 1. The fourth-order valence-corrected chi connectivity index (χ4v) is 2.65. The third-order valence-electron chi connectivity index (χ3n) is 2.93. The van der Waals surface area contributed by atoms with Crippen LogP contribution < -0.4 is 9.88 Å². The van der Waals surface area contributed by atoms with Crippen LogP contribution in [-0.2, 0) is 10.0 Å². The molecule has 1 atom stereocenters. The fraction of sp³-hybridized carbons (Fsp3) is 0.333. The Hall–Kier alpha value is -1.93. The van der Waals surface area contributed by atoms with Gasteiger partial charge in [0, 0.05) is 12.1 Å². The Morgan fingerprint density at radius 1 is 1.40 bits per heavy atom. The summed E-state index contributed by atoms with van der Waals surface area (Å²) in [5, 5.41) is 15.8. The maximum absolute atomic E-state index is 11.5. The summed E-state index contributed by atoms with van der Waals surface area (Å²) in [6, 6.07) is 3.37. The van der Waals surface area contributed by atoms with E-state index in [0.29, 0.717) is 0 Å². The van der Waals surface area contributed by atoms with Gasteiger partial charge in [-0.15, -0.1) is 0 Å². The predicted octanol–water partition coefficient (Wildman–Crippen LogP) is 1.73. The summed E-state index contributed by atoms with van der Waals surface area (Å²) in [5.74, 6) is 0.0367. The average Bonchev–Trinajstić information content (AvgIpc) is 2.39. The Bertz CT molecular complexity index is 654.